The number of nitrogens with two attached hydrogens (primary N) is 1. The van der Waals surface area contributed by atoms with Crippen molar-refractivity contribution in [2.45, 2.75) is 6.42 Å². The highest BCUT2D eigenvalue weighted by molar-refractivity contribution is 7.22. The predicted octanol–water partition coefficient (Wildman–Crippen LogP) is 4.03. The van der Waals surface area contributed by atoms with E-state index in [4.69, 9.17) is 17.3 Å². The molecule has 3 N–H and O–H groups in total. The maximum atomic E-state index is 11.7. The Morgan fingerprint density at radius 3 is 2.68 bits per heavy atom. The second-order valence-electron chi connectivity index (χ2n) is 5.59. The molecule has 3 heterocycles. The zero-order chi connectivity index (χ0) is 17.4. The number of hydrogen-bond donors (Lipinski definition) is 2. The standard InChI is InChI=1S/C18H13ClN4OS/c19-11-5-3-10(4-6-11)15-9-13-14(8-12-2-1-7-21-12)22-23-16(18(20)24)17(13)25-15/h1-7,9,21H,8H2,(H2,20,24). The van der Waals surface area contributed by atoms with Crippen LogP contribution in [-0.2, 0) is 6.42 Å². The highest BCUT2D eigenvalue weighted by Crippen LogP contribution is 2.36. The SMILES string of the molecule is NC(=O)c1nnc(Cc2ccc[nH]2)c2cc(-c3ccc(Cl)cc3)sc12. The molecule has 0 fully saturated rings. The summed E-state index contributed by atoms with van der Waals surface area (Å²) in [5.41, 5.74) is 8.53. The first-order valence-corrected chi connectivity index (χ1v) is 8.78. The molecule has 0 unspecified atom stereocenters. The maximum Gasteiger partial charge on any atom is 0.270 e. The Morgan fingerprint density at radius 2 is 2.00 bits per heavy atom. The molecular weight excluding hydrogens is 356 g/mol. The summed E-state index contributed by atoms with van der Waals surface area (Å²) in [6, 6.07) is 13.5. The number of fused-ring (bicyclic) bond motifs is 1. The molecular formula is C18H13ClN4OS. The Kier molecular flexibility index (Phi) is 3.99. The number of hydrogen-bond acceptors (Lipinski definition) is 4. The van der Waals surface area contributed by atoms with Crippen molar-refractivity contribution < 1.29 is 4.79 Å². The van der Waals surface area contributed by atoms with Crippen molar-refractivity contribution in [1.82, 2.24) is 15.2 Å². The van der Waals surface area contributed by atoms with E-state index in [9.17, 15) is 4.79 Å². The van der Waals surface area contributed by atoms with E-state index in [1.54, 1.807) is 0 Å². The molecule has 0 aliphatic carbocycles. The fourth-order valence-electron chi connectivity index (χ4n) is 2.70. The summed E-state index contributed by atoms with van der Waals surface area (Å²) in [6.45, 7) is 0. The van der Waals surface area contributed by atoms with Crippen LogP contribution in [0.1, 0.15) is 21.9 Å². The average molecular weight is 369 g/mol. The molecule has 0 aliphatic heterocycles. The first kappa shape index (κ1) is 15.8. The summed E-state index contributed by atoms with van der Waals surface area (Å²) in [5, 5.41) is 9.87. The van der Waals surface area contributed by atoms with Crippen LogP contribution in [0.5, 0.6) is 0 Å². The van der Waals surface area contributed by atoms with Gasteiger partial charge in [0.05, 0.1) is 10.4 Å². The van der Waals surface area contributed by atoms with Crippen molar-refractivity contribution in [2.24, 2.45) is 5.73 Å². The molecule has 4 rings (SSSR count). The number of nitrogens with zero attached hydrogens (tertiary/aromatic N) is 2. The minimum absolute atomic E-state index is 0.204. The fourth-order valence-corrected chi connectivity index (χ4v) is 4.00. The van der Waals surface area contributed by atoms with E-state index >= 15 is 0 Å². The van der Waals surface area contributed by atoms with Crippen molar-refractivity contribution in [2.75, 3.05) is 0 Å². The van der Waals surface area contributed by atoms with Gasteiger partial charge in [0, 0.05) is 33.6 Å². The third-order valence-electron chi connectivity index (χ3n) is 3.91. The lowest BCUT2D eigenvalue weighted by molar-refractivity contribution is 0.0996. The third kappa shape index (κ3) is 3.01. The molecule has 124 valence electrons. The molecule has 1 amide bonds. The van der Waals surface area contributed by atoms with E-state index in [1.807, 2.05) is 48.7 Å². The van der Waals surface area contributed by atoms with Crippen LogP contribution in [0.15, 0.2) is 48.7 Å². The molecule has 7 heteroatoms. The van der Waals surface area contributed by atoms with Gasteiger partial charge in [-0.2, -0.15) is 5.10 Å². The number of carbonyl (C=O) groups is 1. The Bertz CT molecular complexity index is 1050. The van der Waals surface area contributed by atoms with Crippen LogP contribution in [0.4, 0.5) is 0 Å². The number of amides is 1. The van der Waals surface area contributed by atoms with E-state index < -0.39 is 5.91 Å². The van der Waals surface area contributed by atoms with Crippen LogP contribution in [0, 0.1) is 0 Å². The first-order chi connectivity index (χ1) is 12.1. The van der Waals surface area contributed by atoms with Gasteiger partial charge in [-0.1, -0.05) is 23.7 Å². The fraction of sp³-hybridized carbons (Fsp3) is 0.0556. The van der Waals surface area contributed by atoms with Crippen LogP contribution in [0.2, 0.25) is 5.02 Å². The van der Waals surface area contributed by atoms with Crippen molar-refractivity contribution in [3.05, 3.63) is 70.8 Å². The van der Waals surface area contributed by atoms with Gasteiger partial charge in [-0.3, -0.25) is 4.79 Å². The van der Waals surface area contributed by atoms with E-state index in [-0.39, 0.29) is 5.69 Å². The van der Waals surface area contributed by atoms with Crippen LogP contribution in [0.25, 0.3) is 20.5 Å². The van der Waals surface area contributed by atoms with Crippen LogP contribution in [-0.4, -0.2) is 21.1 Å². The Hall–Kier alpha value is -2.70. The van der Waals surface area contributed by atoms with Crippen LogP contribution >= 0.6 is 22.9 Å². The third-order valence-corrected chi connectivity index (χ3v) is 5.35. The van der Waals surface area contributed by atoms with Gasteiger partial charge in [0.2, 0.25) is 0 Å². The number of halogens is 1. The van der Waals surface area contributed by atoms with Gasteiger partial charge in [0.15, 0.2) is 5.69 Å². The molecule has 0 saturated heterocycles. The van der Waals surface area contributed by atoms with Gasteiger partial charge >= 0.3 is 0 Å². The molecule has 25 heavy (non-hydrogen) atoms. The van der Waals surface area contributed by atoms with E-state index in [0.29, 0.717) is 11.4 Å². The van der Waals surface area contributed by atoms with Crippen molar-refractivity contribution in [3.8, 4) is 10.4 Å². The zero-order valence-electron chi connectivity index (χ0n) is 13.0. The lowest BCUT2D eigenvalue weighted by atomic mass is 10.1. The molecule has 1 aromatic carbocycles. The average Bonchev–Trinajstić information content (AvgIpc) is 3.25. The molecule has 5 nitrogen and oxygen atoms in total. The first-order valence-electron chi connectivity index (χ1n) is 7.59. The number of rotatable bonds is 4. The largest absolute Gasteiger partial charge is 0.365 e. The predicted molar refractivity (Wildman–Crippen MR) is 100.0 cm³/mol. The second kappa shape index (κ2) is 6.31. The Morgan fingerprint density at radius 1 is 1.20 bits per heavy atom. The van der Waals surface area contributed by atoms with Crippen molar-refractivity contribution in [1.29, 1.82) is 0 Å². The van der Waals surface area contributed by atoms with Crippen LogP contribution in [0.3, 0.4) is 0 Å². The van der Waals surface area contributed by atoms with E-state index in [2.05, 4.69) is 15.2 Å². The van der Waals surface area contributed by atoms with Crippen LogP contribution < -0.4 is 5.73 Å². The smallest absolute Gasteiger partial charge is 0.270 e. The number of primary amides is 1. The summed E-state index contributed by atoms with van der Waals surface area (Å²) in [5.74, 6) is -0.576. The van der Waals surface area contributed by atoms with E-state index in [0.717, 1.165) is 31.9 Å². The summed E-state index contributed by atoms with van der Waals surface area (Å²) in [7, 11) is 0. The number of thiophene rings is 1. The van der Waals surface area contributed by atoms with Gasteiger partial charge in [0.25, 0.3) is 5.91 Å². The van der Waals surface area contributed by atoms with E-state index in [1.165, 1.54) is 11.3 Å². The van der Waals surface area contributed by atoms with Crippen molar-refractivity contribution in [3.63, 3.8) is 0 Å². The quantitative estimate of drug-likeness (QED) is 0.570. The summed E-state index contributed by atoms with van der Waals surface area (Å²) < 4.78 is 0.758. The normalized spacial score (nSPS) is 11.1. The lowest BCUT2D eigenvalue weighted by Gasteiger charge is -2.02. The molecule has 0 spiro atoms. The molecule has 0 bridgehead atoms. The number of nitrogens with one attached hydrogen (secondary N) is 1. The molecule has 0 saturated carbocycles. The number of carbonyl (C=O) groups excluding carboxylic acids is 1. The van der Waals surface area contributed by atoms with Gasteiger partial charge in [0.1, 0.15) is 0 Å². The van der Waals surface area contributed by atoms with Crippen molar-refractivity contribution >= 4 is 38.9 Å². The van der Waals surface area contributed by atoms with Gasteiger partial charge in [-0.05, 0) is 35.9 Å². The number of aromatic nitrogens is 3. The Balaban J connectivity index is 1.88. The summed E-state index contributed by atoms with van der Waals surface area (Å²) in [6.07, 6.45) is 2.47. The lowest BCUT2D eigenvalue weighted by Crippen LogP contribution is -2.14. The minimum Gasteiger partial charge on any atom is -0.365 e. The molecule has 3 aromatic heterocycles. The zero-order valence-corrected chi connectivity index (χ0v) is 14.6. The number of benzene rings is 1. The molecule has 0 aliphatic rings. The van der Waals surface area contributed by atoms with Gasteiger partial charge in [-0.25, -0.2) is 0 Å². The highest BCUT2D eigenvalue weighted by atomic mass is 35.5. The Labute approximate surface area is 152 Å². The summed E-state index contributed by atoms with van der Waals surface area (Å²) >= 11 is 7.45. The highest BCUT2D eigenvalue weighted by Gasteiger charge is 2.18. The molecule has 4 aromatic rings. The number of H-pyrrole nitrogens is 1. The molecule has 0 atom stereocenters. The topological polar surface area (TPSA) is 84.7 Å². The maximum absolute atomic E-state index is 11.7. The monoisotopic (exact) mass is 368 g/mol. The van der Waals surface area contributed by atoms with Gasteiger partial charge < -0.3 is 10.7 Å². The number of aromatic amines is 1. The minimum atomic E-state index is -0.576. The second-order valence-corrected chi connectivity index (χ2v) is 7.08. The molecule has 0 radical (unpaired) electrons. The summed E-state index contributed by atoms with van der Waals surface area (Å²) in [4.78, 5) is 15.9. The van der Waals surface area contributed by atoms with Gasteiger partial charge in [-0.15, -0.1) is 16.4 Å².